The van der Waals surface area contributed by atoms with E-state index >= 15 is 0 Å². The summed E-state index contributed by atoms with van der Waals surface area (Å²) in [4.78, 5) is 4.28. The maximum atomic E-state index is 9.12. The SMILES string of the molecule is OCc1cn2c(n1)CN(Cl)C=C2Nc1ccn[nH]1. The number of H-pyrrole nitrogens is 1. The molecule has 0 aromatic carbocycles. The largest absolute Gasteiger partial charge is 0.390 e. The number of aromatic amines is 1. The van der Waals surface area contributed by atoms with E-state index in [0.717, 1.165) is 17.5 Å². The lowest BCUT2D eigenvalue weighted by Crippen LogP contribution is -2.21. The Morgan fingerprint density at radius 3 is 3.17 bits per heavy atom. The summed E-state index contributed by atoms with van der Waals surface area (Å²) in [6, 6.07) is 1.80. The van der Waals surface area contributed by atoms with Gasteiger partial charge in [0.15, 0.2) is 0 Å². The fourth-order valence-corrected chi connectivity index (χ4v) is 2.00. The van der Waals surface area contributed by atoms with Gasteiger partial charge >= 0.3 is 0 Å². The van der Waals surface area contributed by atoms with Crippen molar-refractivity contribution in [2.45, 2.75) is 13.2 Å². The zero-order chi connectivity index (χ0) is 12.5. The van der Waals surface area contributed by atoms with Crippen molar-refractivity contribution in [1.29, 1.82) is 0 Å². The van der Waals surface area contributed by atoms with Gasteiger partial charge in [-0.05, 0) is 0 Å². The molecule has 3 heterocycles. The van der Waals surface area contributed by atoms with Crippen LogP contribution < -0.4 is 5.32 Å². The number of anilines is 1. The van der Waals surface area contributed by atoms with Crippen LogP contribution in [0.4, 0.5) is 5.82 Å². The molecule has 0 saturated carbocycles. The molecule has 0 unspecified atom stereocenters. The number of nitrogens with one attached hydrogen (secondary N) is 2. The smallest absolute Gasteiger partial charge is 0.135 e. The van der Waals surface area contributed by atoms with Crippen LogP contribution in [0, 0.1) is 0 Å². The van der Waals surface area contributed by atoms with E-state index in [1.807, 2.05) is 4.57 Å². The van der Waals surface area contributed by atoms with E-state index in [1.54, 1.807) is 24.7 Å². The molecular weight excluding hydrogens is 256 g/mol. The highest BCUT2D eigenvalue weighted by molar-refractivity contribution is 6.14. The zero-order valence-electron chi connectivity index (χ0n) is 9.34. The minimum atomic E-state index is -0.0976. The third-order valence-electron chi connectivity index (χ3n) is 2.57. The third-order valence-corrected chi connectivity index (χ3v) is 2.79. The van der Waals surface area contributed by atoms with Gasteiger partial charge in [-0.3, -0.25) is 14.1 Å². The summed E-state index contributed by atoms with van der Waals surface area (Å²) in [6.45, 7) is 0.384. The molecule has 94 valence electrons. The normalized spacial score (nSPS) is 14.3. The minimum absolute atomic E-state index is 0.0976. The summed E-state index contributed by atoms with van der Waals surface area (Å²) in [6.07, 6.45) is 5.17. The van der Waals surface area contributed by atoms with Crippen LogP contribution in [0.5, 0.6) is 0 Å². The second-order valence-electron chi connectivity index (χ2n) is 3.84. The van der Waals surface area contributed by atoms with Crippen molar-refractivity contribution >= 4 is 23.4 Å². The van der Waals surface area contributed by atoms with Gasteiger partial charge in [-0.1, -0.05) is 0 Å². The summed E-state index contributed by atoms with van der Waals surface area (Å²) in [5, 5.41) is 18.9. The lowest BCUT2D eigenvalue weighted by molar-refractivity contribution is 0.277. The van der Waals surface area contributed by atoms with E-state index in [1.165, 1.54) is 4.42 Å². The van der Waals surface area contributed by atoms with Gasteiger partial charge in [0, 0.05) is 24.0 Å². The van der Waals surface area contributed by atoms with Crippen LogP contribution in [0.1, 0.15) is 11.5 Å². The Labute approximate surface area is 108 Å². The molecular formula is C10H11ClN6O. The topological polar surface area (TPSA) is 82.0 Å². The molecule has 8 heteroatoms. The third kappa shape index (κ3) is 1.93. The van der Waals surface area contributed by atoms with Crippen LogP contribution in [0.2, 0.25) is 0 Å². The molecule has 1 aliphatic rings. The van der Waals surface area contributed by atoms with Crippen LogP contribution in [0.15, 0.2) is 24.7 Å². The minimum Gasteiger partial charge on any atom is -0.390 e. The van der Waals surface area contributed by atoms with Crippen molar-refractivity contribution in [3.63, 3.8) is 0 Å². The number of hydrogen-bond donors (Lipinski definition) is 3. The molecule has 0 saturated heterocycles. The Balaban J connectivity index is 1.95. The number of nitrogens with zero attached hydrogens (tertiary/aromatic N) is 4. The lowest BCUT2D eigenvalue weighted by Gasteiger charge is -2.22. The van der Waals surface area contributed by atoms with Crippen LogP contribution in [0.25, 0.3) is 5.82 Å². The van der Waals surface area contributed by atoms with Crippen molar-refractivity contribution in [3.05, 3.63) is 36.2 Å². The molecule has 0 aliphatic carbocycles. The summed E-state index contributed by atoms with van der Waals surface area (Å²) >= 11 is 6.01. The van der Waals surface area contributed by atoms with Crippen molar-refractivity contribution < 1.29 is 5.11 Å². The molecule has 0 radical (unpaired) electrons. The van der Waals surface area contributed by atoms with Crippen molar-refractivity contribution in [2.75, 3.05) is 5.32 Å². The van der Waals surface area contributed by atoms with Crippen LogP contribution in [-0.2, 0) is 13.2 Å². The highest BCUT2D eigenvalue weighted by Gasteiger charge is 2.18. The summed E-state index contributed by atoms with van der Waals surface area (Å²) in [5.41, 5.74) is 0.606. The number of hydrogen-bond acceptors (Lipinski definition) is 5. The average Bonchev–Trinajstić information content (AvgIpc) is 2.97. The standard InChI is InChI=1S/C10H11ClN6O/c11-16-4-9-13-7(6-18)3-17(9)10(5-16)14-8-1-2-12-15-8/h1-3,5,18H,4,6H2,(H2,12,14,15). The number of halogens is 1. The average molecular weight is 267 g/mol. The molecule has 3 rings (SSSR count). The second-order valence-corrected chi connectivity index (χ2v) is 4.28. The van der Waals surface area contributed by atoms with Gasteiger partial charge in [0.1, 0.15) is 17.5 Å². The number of aliphatic hydroxyl groups excluding tert-OH is 1. The second kappa shape index (κ2) is 4.35. The molecule has 0 fully saturated rings. The first-order chi connectivity index (χ1) is 8.76. The van der Waals surface area contributed by atoms with Gasteiger partial charge in [0.25, 0.3) is 0 Å². The van der Waals surface area contributed by atoms with Crippen molar-refractivity contribution in [2.24, 2.45) is 0 Å². The van der Waals surface area contributed by atoms with Gasteiger partial charge in [-0.15, -0.1) is 0 Å². The molecule has 1 aliphatic heterocycles. The van der Waals surface area contributed by atoms with Gasteiger partial charge in [-0.2, -0.15) is 5.10 Å². The van der Waals surface area contributed by atoms with Gasteiger partial charge in [0.2, 0.25) is 0 Å². The fourth-order valence-electron chi connectivity index (χ4n) is 1.80. The van der Waals surface area contributed by atoms with E-state index in [-0.39, 0.29) is 6.61 Å². The maximum Gasteiger partial charge on any atom is 0.135 e. The first kappa shape index (κ1) is 11.1. The van der Waals surface area contributed by atoms with E-state index in [9.17, 15) is 0 Å². The Hall–Kier alpha value is -1.99. The summed E-state index contributed by atoms with van der Waals surface area (Å²) < 4.78 is 3.35. The van der Waals surface area contributed by atoms with E-state index in [0.29, 0.717) is 12.2 Å². The molecule has 2 aromatic rings. The molecule has 18 heavy (non-hydrogen) atoms. The number of aromatic nitrogens is 4. The van der Waals surface area contributed by atoms with Crippen LogP contribution >= 0.6 is 11.8 Å². The number of fused-ring (bicyclic) bond motifs is 1. The monoisotopic (exact) mass is 266 g/mol. The summed E-state index contributed by atoms with van der Waals surface area (Å²) in [5.74, 6) is 2.25. The molecule has 3 N–H and O–H groups in total. The fraction of sp³-hybridized carbons (Fsp3) is 0.200. The quantitative estimate of drug-likeness (QED) is 0.720. The number of aliphatic hydroxyl groups is 1. The molecule has 0 spiro atoms. The summed E-state index contributed by atoms with van der Waals surface area (Å²) in [7, 11) is 0. The predicted molar refractivity (Wildman–Crippen MR) is 66.0 cm³/mol. The molecule has 0 bridgehead atoms. The highest BCUT2D eigenvalue weighted by Crippen LogP contribution is 2.22. The van der Waals surface area contributed by atoms with Crippen molar-refractivity contribution in [1.82, 2.24) is 24.2 Å². The van der Waals surface area contributed by atoms with Gasteiger partial charge < -0.3 is 10.4 Å². The Morgan fingerprint density at radius 2 is 2.44 bits per heavy atom. The highest BCUT2D eigenvalue weighted by atomic mass is 35.5. The Bertz CT molecular complexity index is 575. The van der Waals surface area contributed by atoms with E-state index < -0.39 is 0 Å². The maximum absolute atomic E-state index is 9.12. The molecule has 0 atom stereocenters. The number of rotatable bonds is 3. The van der Waals surface area contributed by atoms with E-state index in [2.05, 4.69) is 20.5 Å². The predicted octanol–water partition coefficient (Wildman–Crippen LogP) is 0.936. The van der Waals surface area contributed by atoms with Crippen LogP contribution in [-0.4, -0.2) is 29.3 Å². The first-order valence-corrected chi connectivity index (χ1v) is 5.69. The molecule has 0 amide bonds. The number of imidazole rings is 1. The lowest BCUT2D eigenvalue weighted by atomic mass is 10.4. The van der Waals surface area contributed by atoms with Crippen LogP contribution in [0.3, 0.4) is 0 Å². The first-order valence-electron chi connectivity index (χ1n) is 5.35. The Morgan fingerprint density at radius 1 is 1.56 bits per heavy atom. The molecule has 7 nitrogen and oxygen atoms in total. The van der Waals surface area contributed by atoms with Crippen molar-refractivity contribution in [3.8, 4) is 0 Å². The zero-order valence-corrected chi connectivity index (χ0v) is 10.1. The Kier molecular flexibility index (Phi) is 2.69. The molecule has 2 aromatic heterocycles. The van der Waals surface area contributed by atoms with Gasteiger partial charge in [-0.25, -0.2) is 4.98 Å². The van der Waals surface area contributed by atoms with Gasteiger partial charge in [0.05, 0.1) is 31.2 Å². The van der Waals surface area contributed by atoms with E-state index in [4.69, 9.17) is 16.9 Å².